The predicted octanol–water partition coefficient (Wildman–Crippen LogP) is 1.01. The second kappa shape index (κ2) is 6.60. The Morgan fingerprint density at radius 2 is 2.10 bits per heavy atom. The van der Waals surface area contributed by atoms with Gasteiger partial charge in [-0.2, -0.15) is 16.1 Å². The maximum atomic E-state index is 12.6. The Labute approximate surface area is 126 Å². The maximum absolute atomic E-state index is 12.6. The summed E-state index contributed by atoms with van der Waals surface area (Å²) in [5.74, 6) is 6.91. The monoisotopic (exact) mass is 332 g/mol. The van der Waals surface area contributed by atoms with Crippen LogP contribution in [0.25, 0.3) is 0 Å². The third-order valence-electron chi connectivity index (χ3n) is 3.14. The minimum Gasteiger partial charge on any atom is -0.318 e. The molecule has 21 heavy (non-hydrogen) atoms. The summed E-state index contributed by atoms with van der Waals surface area (Å²) >= 11 is 1.72. The number of rotatable bonds is 4. The molecule has 1 aromatic carbocycles. The average molecular weight is 332 g/mol. The Hall–Kier alpha value is -1.36. The zero-order chi connectivity index (χ0) is 15.5. The van der Waals surface area contributed by atoms with E-state index in [9.17, 15) is 18.5 Å². The fourth-order valence-corrected chi connectivity index (χ4v) is 4.57. The van der Waals surface area contributed by atoms with Crippen molar-refractivity contribution in [3.8, 4) is 0 Å². The zero-order valence-corrected chi connectivity index (χ0v) is 12.8. The van der Waals surface area contributed by atoms with Crippen molar-refractivity contribution < 1.29 is 13.3 Å². The van der Waals surface area contributed by atoms with E-state index in [2.05, 4.69) is 5.43 Å². The van der Waals surface area contributed by atoms with Crippen molar-refractivity contribution >= 4 is 33.2 Å². The number of hydrogen-bond acceptors (Lipinski definition) is 7. The maximum Gasteiger partial charge on any atom is 0.293 e. The summed E-state index contributed by atoms with van der Waals surface area (Å²) in [5.41, 5.74) is 1.89. The van der Waals surface area contributed by atoms with Crippen molar-refractivity contribution in [2.75, 3.05) is 30.0 Å². The average Bonchev–Trinajstić information content (AvgIpc) is 2.75. The van der Waals surface area contributed by atoms with E-state index in [1.54, 1.807) is 11.8 Å². The number of sulfonamides is 1. The summed E-state index contributed by atoms with van der Waals surface area (Å²) in [6.07, 6.45) is 0.791. The van der Waals surface area contributed by atoms with Gasteiger partial charge in [0.25, 0.3) is 5.69 Å². The number of nitrogens with zero attached hydrogens (tertiary/aromatic N) is 2. The van der Waals surface area contributed by atoms with Crippen LogP contribution in [0.4, 0.5) is 11.4 Å². The van der Waals surface area contributed by atoms with E-state index in [-0.39, 0.29) is 16.3 Å². The number of thioether (sulfide) groups is 1. The normalized spacial score (nSPS) is 17.2. The highest BCUT2D eigenvalue weighted by Gasteiger charge is 2.27. The van der Waals surface area contributed by atoms with Crippen molar-refractivity contribution in [3.63, 3.8) is 0 Å². The number of hydrogen-bond donors (Lipinski definition) is 2. The van der Waals surface area contributed by atoms with Crippen molar-refractivity contribution in [3.05, 3.63) is 28.3 Å². The lowest BCUT2D eigenvalue weighted by Gasteiger charge is -2.19. The van der Waals surface area contributed by atoms with Gasteiger partial charge in [0.1, 0.15) is 5.69 Å². The summed E-state index contributed by atoms with van der Waals surface area (Å²) in [6.45, 7) is 0.896. The van der Waals surface area contributed by atoms with Crippen molar-refractivity contribution in [2.45, 2.75) is 11.3 Å². The van der Waals surface area contributed by atoms with E-state index in [4.69, 9.17) is 5.84 Å². The molecule has 0 aliphatic carbocycles. The first kappa shape index (κ1) is 16.0. The van der Waals surface area contributed by atoms with Gasteiger partial charge in [-0.3, -0.25) is 16.0 Å². The molecule has 3 N–H and O–H groups in total. The lowest BCUT2D eigenvalue weighted by molar-refractivity contribution is -0.384. The lowest BCUT2D eigenvalue weighted by atomic mass is 10.3. The van der Waals surface area contributed by atoms with Crippen LogP contribution >= 0.6 is 11.8 Å². The summed E-state index contributed by atoms with van der Waals surface area (Å²) in [5, 5.41) is 10.8. The van der Waals surface area contributed by atoms with E-state index >= 15 is 0 Å². The number of nitro groups is 1. The van der Waals surface area contributed by atoms with Crippen LogP contribution in [0, 0.1) is 10.1 Å². The van der Waals surface area contributed by atoms with Gasteiger partial charge in [0.05, 0.1) is 9.82 Å². The number of nitrogen functional groups attached to an aromatic ring is 1. The molecule has 10 heteroatoms. The van der Waals surface area contributed by atoms with Crippen LogP contribution in [0.2, 0.25) is 0 Å². The standard InChI is InChI=1S/C11H16N4O4S2/c12-13-10-8-9(2-3-11(10)15(16)17)21(18,19)14-4-1-6-20-7-5-14/h2-3,8,13H,1,4-7,12H2. The summed E-state index contributed by atoms with van der Waals surface area (Å²) in [7, 11) is -3.66. The number of benzene rings is 1. The molecule has 8 nitrogen and oxygen atoms in total. The van der Waals surface area contributed by atoms with Crippen LogP contribution in [-0.4, -0.2) is 42.2 Å². The number of hydrazine groups is 1. The SMILES string of the molecule is NNc1cc(S(=O)(=O)N2CCCSCC2)ccc1[N+](=O)[O-]. The molecule has 0 spiro atoms. The minimum absolute atomic E-state index is 0.00736. The van der Waals surface area contributed by atoms with Crippen LogP contribution in [0.5, 0.6) is 0 Å². The second-order valence-electron chi connectivity index (χ2n) is 4.45. The molecule has 116 valence electrons. The van der Waals surface area contributed by atoms with Gasteiger partial charge in [-0.25, -0.2) is 8.42 Å². The van der Waals surface area contributed by atoms with Crippen molar-refractivity contribution in [1.82, 2.24) is 4.31 Å². The Morgan fingerprint density at radius 3 is 2.76 bits per heavy atom. The van der Waals surface area contributed by atoms with Crippen molar-refractivity contribution in [2.24, 2.45) is 5.84 Å². The van der Waals surface area contributed by atoms with E-state index in [1.807, 2.05) is 0 Å². The Morgan fingerprint density at radius 1 is 1.33 bits per heavy atom. The molecular weight excluding hydrogens is 316 g/mol. The van der Waals surface area contributed by atoms with Crippen LogP contribution in [0.3, 0.4) is 0 Å². The Bertz CT molecular complexity index is 627. The Balaban J connectivity index is 2.37. The van der Waals surface area contributed by atoms with Crippen LogP contribution < -0.4 is 11.3 Å². The van der Waals surface area contributed by atoms with Crippen molar-refractivity contribution in [1.29, 1.82) is 0 Å². The van der Waals surface area contributed by atoms with Gasteiger partial charge in [0, 0.05) is 24.9 Å². The highest BCUT2D eigenvalue weighted by atomic mass is 32.2. The quantitative estimate of drug-likeness (QED) is 0.480. The lowest BCUT2D eigenvalue weighted by Crippen LogP contribution is -2.33. The van der Waals surface area contributed by atoms with Gasteiger partial charge >= 0.3 is 0 Å². The zero-order valence-electron chi connectivity index (χ0n) is 11.2. The Kier molecular flexibility index (Phi) is 5.04. The summed E-state index contributed by atoms with van der Waals surface area (Å²) in [4.78, 5) is 10.2. The topological polar surface area (TPSA) is 119 Å². The highest BCUT2D eigenvalue weighted by Crippen LogP contribution is 2.28. The molecule has 1 aromatic rings. The molecule has 1 heterocycles. The van der Waals surface area contributed by atoms with Crippen LogP contribution in [-0.2, 0) is 10.0 Å². The first-order valence-electron chi connectivity index (χ1n) is 6.30. The molecule has 0 atom stereocenters. The third-order valence-corrected chi connectivity index (χ3v) is 6.08. The number of anilines is 1. The molecule has 2 rings (SSSR count). The molecule has 0 saturated carbocycles. The second-order valence-corrected chi connectivity index (χ2v) is 7.61. The third kappa shape index (κ3) is 3.46. The van der Waals surface area contributed by atoms with E-state index in [1.165, 1.54) is 16.4 Å². The largest absolute Gasteiger partial charge is 0.318 e. The molecule has 1 fully saturated rings. The van der Waals surface area contributed by atoms with Gasteiger partial charge in [-0.1, -0.05) is 0 Å². The molecule has 0 bridgehead atoms. The molecule has 0 amide bonds. The molecule has 0 aromatic heterocycles. The van der Waals surface area contributed by atoms with E-state index < -0.39 is 14.9 Å². The minimum atomic E-state index is -3.66. The predicted molar refractivity (Wildman–Crippen MR) is 81.6 cm³/mol. The first-order valence-corrected chi connectivity index (χ1v) is 8.89. The van der Waals surface area contributed by atoms with E-state index in [0.29, 0.717) is 13.1 Å². The smallest absolute Gasteiger partial charge is 0.293 e. The summed E-state index contributed by atoms with van der Waals surface area (Å²) < 4.78 is 26.5. The van der Waals surface area contributed by atoms with E-state index in [0.717, 1.165) is 24.0 Å². The molecule has 1 aliphatic rings. The fraction of sp³-hybridized carbons (Fsp3) is 0.455. The molecule has 0 radical (unpaired) electrons. The number of nitrogens with two attached hydrogens (primary N) is 1. The van der Waals surface area contributed by atoms with Gasteiger partial charge in [-0.15, -0.1) is 0 Å². The van der Waals surface area contributed by atoms with Crippen LogP contribution in [0.15, 0.2) is 23.1 Å². The summed E-state index contributed by atoms with van der Waals surface area (Å²) in [6, 6.07) is 3.59. The number of nitrogens with one attached hydrogen (secondary N) is 1. The fourth-order valence-electron chi connectivity index (χ4n) is 2.06. The van der Waals surface area contributed by atoms with Crippen LogP contribution in [0.1, 0.15) is 6.42 Å². The molecule has 1 saturated heterocycles. The molecular formula is C11H16N4O4S2. The van der Waals surface area contributed by atoms with Gasteiger partial charge in [0.2, 0.25) is 10.0 Å². The van der Waals surface area contributed by atoms with Gasteiger partial charge in [0.15, 0.2) is 0 Å². The van der Waals surface area contributed by atoms with Gasteiger partial charge < -0.3 is 5.43 Å². The molecule has 1 aliphatic heterocycles. The molecule has 0 unspecified atom stereocenters. The highest BCUT2D eigenvalue weighted by molar-refractivity contribution is 7.99. The number of nitro benzene ring substituents is 1. The van der Waals surface area contributed by atoms with Gasteiger partial charge in [-0.05, 0) is 24.3 Å². The first-order chi connectivity index (χ1) is 9.96.